The summed E-state index contributed by atoms with van der Waals surface area (Å²) in [7, 11) is 0. The molecular formula is C28H30O4. The Bertz CT molecular complexity index is 1140. The molecule has 0 aromatic heterocycles. The van der Waals surface area contributed by atoms with Crippen LogP contribution in [0.1, 0.15) is 50.3 Å². The molecule has 0 amide bonds. The number of benzene rings is 3. The van der Waals surface area contributed by atoms with Crippen LogP contribution < -0.4 is 0 Å². The van der Waals surface area contributed by atoms with Gasteiger partial charge in [0.05, 0.1) is 13.2 Å². The van der Waals surface area contributed by atoms with E-state index in [0.29, 0.717) is 5.56 Å². The number of esters is 2. The number of unbranched alkanes of at least 4 members (excludes halogenated alkanes) is 1. The van der Waals surface area contributed by atoms with Crippen molar-refractivity contribution in [2.75, 3.05) is 13.2 Å². The van der Waals surface area contributed by atoms with E-state index in [4.69, 9.17) is 9.47 Å². The smallest absolute Gasteiger partial charge is 0.328 e. The van der Waals surface area contributed by atoms with Gasteiger partial charge in [-0.25, -0.2) is 0 Å². The summed E-state index contributed by atoms with van der Waals surface area (Å²) in [6.45, 7) is 6.11. The van der Waals surface area contributed by atoms with E-state index in [1.807, 2.05) is 42.5 Å². The third-order valence-corrected chi connectivity index (χ3v) is 6.39. The lowest BCUT2D eigenvalue weighted by molar-refractivity contribution is -0.165. The average Bonchev–Trinajstić information content (AvgIpc) is 2.81. The van der Waals surface area contributed by atoms with E-state index in [9.17, 15) is 9.59 Å². The molecule has 0 spiro atoms. The van der Waals surface area contributed by atoms with Gasteiger partial charge in [0.25, 0.3) is 0 Å². The van der Waals surface area contributed by atoms with Gasteiger partial charge in [0, 0.05) is 6.42 Å². The minimum atomic E-state index is -1.51. The maximum Gasteiger partial charge on any atom is 0.328 e. The Morgan fingerprint density at radius 1 is 0.906 bits per heavy atom. The number of rotatable bonds is 7. The highest BCUT2D eigenvalue weighted by Gasteiger charge is 2.54. The molecular weight excluding hydrogens is 400 g/mol. The lowest BCUT2D eigenvalue weighted by atomic mass is 9.65. The molecule has 0 heterocycles. The summed E-state index contributed by atoms with van der Waals surface area (Å²) >= 11 is 0. The largest absolute Gasteiger partial charge is 0.465 e. The van der Waals surface area contributed by atoms with Crippen LogP contribution in [0.2, 0.25) is 0 Å². The van der Waals surface area contributed by atoms with Crippen LogP contribution in [0.25, 0.3) is 21.9 Å². The van der Waals surface area contributed by atoms with E-state index >= 15 is 0 Å². The zero-order valence-electron chi connectivity index (χ0n) is 19.1. The summed E-state index contributed by atoms with van der Waals surface area (Å²) in [6, 6.07) is 18.3. The van der Waals surface area contributed by atoms with Crippen molar-refractivity contribution in [2.45, 2.75) is 51.9 Å². The van der Waals surface area contributed by atoms with Crippen molar-refractivity contribution >= 4 is 22.7 Å². The standard InChI is InChI=1S/C28H30O4/c1-4-7-14-23-21-15-10-8-12-19(21)17-24-25(23)22-16-11-9-13-20(22)18-28(24,26(29)31-5-2)27(30)32-6-3/h8-13,15-17H,4-7,14,18H2,1-3H3. The van der Waals surface area contributed by atoms with Crippen LogP contribution in [0.3, 0.4) is 0 Å². The SMILES string of the molecule is CCCCc1c2c(cc3ccccc13)C(C(=O)OCC)(C(=O)OCC)Cc1ccccc1-2. The van der Waals surface area contributed by atoms with Gasteiger partial charge in [-0.1, -0.05) is 61.9 Å². The Kier molecular flexibility index (Phi) is 6.31. The first kappa shape index (κ1) is 22.1. The highest BCUT2D eigenvalue weighted by Crippen LogP contribution is 2.49. The predicted molar refractivity (Wildman–Crippen MR) is 127 cm³/mol. The molecule has 166 valence electrons. The highest BCUT2D eigenvalue weighted by atomic mass is 16.6. The molecule has 4 rings (SSSR count). The third-order valence-electron chi connectivity index (χ3n) is 6.39. The molecule has 1 aliphatic rings. The first-order valence-electron chi connectivity index (χ1n) is 11.6. The van der Waals surface area contributed by atoms with Crippen molar-refractivity contribution in [3.63, 3.8) is 0 Å². The number of fused-ring (bicyclic) bond motifs is 4. The van der Waals surface area contributed by atoms with Crippen LogP contribution in [0.5, 0.6) is 0 Å². The summed E-state index contributed by atoms with van der Waals surface area (Å²) in [4.78, 5) is 27.1. The van der Waals surface area contributed by atoms with Gasteiger partial charge in [0.2, 0.25) is 0 Å². The number of aryl methyl sites for hydroxylation is 1. The number of hydrogen-bond donors (Lipinski definition) is 0. The van der Waals surface area contributed by atoms with E-state index in [-0.39, 0.29) is 19.6 Å². The first-order chi connectivity index (χ1) is 15.6. The van der Waals surface area contributed by atoms with Crippen molar-refractivity contribution in [3.8, 4) is 11.1 Å². The molecule has 32 heavy (non-hydrogen) atoms. The number of carbonyl (C=O) groups excluding carboxylic acids is 2. The van der Waals surface area contributed by atoms with Crippen LogP contribution >= 0.6 is 0 Å². The molecule has 4 heteroatoms. The van der Waals surface area contributed by atoms with Gasteiger partial charge in [-0.2, -0.15) is 0 Å². The highest BCUT2D eigenvalue weighted by molar-refractivity contribution is 6.11. The van der Waals surface area contributed by atoms with Crippen molar-refractivity contribution in [1.29, 1.82) is 0 Å². The zero-order valence-corrected chi connectivity index (χ0v) is 19.1. The monoisotopic (exact) mass is 430 g/mol. The topological polar surface area (TPSA) is 52.6 Å². The second-order valence-electron chi connectivity index (χ2n) is 8.28. The fourth-order valence-electron chi connectivity index (χ4n) is 4.94. The van der Waals surface area contributed by atoms with Gasteiger partial charge in [-0.05, 0) is 71.3 Å². The second kappa shape index (κ2) is 9.15. The quantitative estimate of drug-likeness (QED) is 0.353. The average molecular weight is 431 g/mol. The molecule has 0 fully saturated rings. The van der Waals surface area contributed by atoms with Gasteiger partial charge >= 0.3 is 11.9 Å². The van der Waals surface area contributed by atoms with Crippen LogP contribution in [-0.4, -0.2) is 25.2 Å². The fourth-order valence-corrected chi connectivity index (χ4v) is 4.94. The predicted octanol–water partition coefficient (Wildman–Crippen LogP) is 5.77. The van der Waals surface area contributed by atoms with Crippen LogP contribution in [0.15, 0.2) is 54.6 Å². The third kappa shape index (κ3) is 3.48. The molecule has 0 radical (unpaired) electrons. The second-order valence-corrected chi connectivity index (χ2v) is 8.28. The number of carbonyl (C=O) groups is 2. The van der Waals surface area contributed by atoms with Crippen molar-refractivity contribution < 1.29 is 19.1 Å². The number of ether oxygens (including phenoxy) is 2. The Morgan fingerprint density at radius 3 is 2.25 bits per heavy atom. The van der Waals surface area contributed by atoms with Crippen LogP contribution in [0.4, 0.5) is 0 Å². The summed E-state index contributed by atoms with van der Waals surface area (Å²) in [5.41, 5.74) is 3.42. The Labute approximate surface area is 189 Å². The van der Waals surface area contributed by atoms with Gasteiger partial charge in [-0.15, -0.1) is 0 Å². The maximum absolute atomic E-state index is 13.5. The van der Waals surface area contributed by atoms with E-state index in [2.05, 4.69) is 19.1 Å². The van der Waals surface area contributed by atoms with Gasteiger partial charge in [0.1, 0.15) is 0 Å². The zero-order chi connectivity index (χ0) is 22.7. The van der Waals surface area contributed by atoms with Crippen molar-refractivity contribution in [1.82, 2.24) is 0 Å². The maximum atomic E-state index is 13.5. The van der Waals surface area contributed by atoms with Gasteiger partial charge < -0.3 is 9.47 Å². The molecule has 0 atom stereocenters. The lowest BCUT2D eigenvalue weighted by Crippen LogP contribution is -2.50. The molecule has 0 N–H and O–H groups in total. The molecule has 0 unspecified atom stereocenters. The van der Waals surface area contributed by atoms with Crippen LogP contribution in [-0.2, 0) is 37.3 Å². The van der Waals surface area contributed by atoms with Crippen molar-refractivity contribution in [3.05, 3.63) is 71.3 Å². The van der Waals surface area contributed by atoms with Gasteiger partial charge in [0.15, 0.2) is 5.41 Å². The lowest BCUT2D eigenvalue weighted by Gasteiger charge is -2.37. The first-order valence-corrected chi connectivity index (χ1v) is 11.6. The molecule has 0 bridgehead atoms. The summed E-state index contributed by atoms with van der Waals surface area (Å²) in [5, 5.41) is 2.19. The van der Waals surface area contributed by atoms with E-state index in [1.165, 1.54) is 5.56 Å². The molecule has 0 aliphatic heterocycles. The molecule has 3 aromatic rings. The Morgan fingerprint density at radius 2 is 1.56 bits per heavy atom. The normalized spacial score (nSPS) is 13.8. The molecule has 3 aromatic carbocycles. The minimum absolute atomic E-state index is 0.202. The number of hydrogen-bond acceptors (Lipinski definition) is 4. The molecule has 0 saturated carbocycles. The van der Waals surface area contributed by atoms with E-state index in [1.54, 1.807) is 13.8 Å². The van der Waals surface area contributed by atoms with Crippen LogP contribution in [0, 0.1) is 0 Å². The van der Waals surface area contributed by atoms with E-state index in [0.717, 1.165) is 46.7 Å². The summed E-state index contributed by atoms with van der Waals surface area (Å²) < 4.78 is 11.0. The molecule has 1 aliphatic carbocycles. The van der Waals surface area contributed by atoms with Gasteiger partial charge in [-0.3, -0.25) is 9.59 Å². The summed E-state index contributed by atoms with van der Waals surface area (Å²) in [6.07, 6.45) is 3.19. The molecule has 0 saturated heterocycles. The summed E-state index contributed by atoms with van der Waals surface area (Å²) in [5.74, 6) is -1.07. The van der Waals surface area contributed by atoms with Crippen molar-refractivity contribution in [2.24, 2.45) is 0 Å². The Balaban J connectivity index is 2.13. The fraction of sp³-hybridized carbons (Fsp3) is 0.357. The Hall–Kier alpha value is -3.14. The minimum Gasteiger partial charge on any atom is -0.465 e. The molecule has 4 nitrogen and oxygen atoms in total. The van der Waals surface area contributed by atoms with E-state index < -0.39 is 17.4 Å².